The lowest BCUT2D eigenvalue weighted by atomic mass is 9.30. The average molecular weight is 677 g/mol. The van der Waals surface area contributed by atoms with E-state index in [1.165, 1.54) is 109 Å². The first-order valence-corrected chi connectivity index (χ1v) is 19.3. The molecule has 6 aromatic rings. The molecule has 10 rings (SSSR count). The number of rotatable bonds is 7. The van der Waals surface area contributed by atoms with Gasteiger partial charge in [0.25, 0.3) is 0 Å². The van der Waals surface area contributed by atoms with Crippen molar-refractivity contribution < 1.29 is 0 Å². The molecule has 0 N–H and O–H groups in total. The van der Waals surface area contributed by atoms with E-state index in [0.29, 0.717) is 0 Å². The number of aromatic nitrogens is 2. The molecule has 2 aliphatic heterocycles. The van der Waals surface area contributed by atoms with E-state index in [-0.39, 0.29) is 12.1 Å². The molecule has 0 saturated heterocycles. The van der Waals surface area contributed by atoms with E-state index in [9.17, 15) is 0 Å². The molecule has 4 nitrogen and oxygen atoms in total. The Kier molecular flexibility index (Phi) is 7.09. The number of unbranched alkanes of at least 4 members (excludes halogenated alkanes) is 1. The van der Waals surface area contributed by atoms with Crippen LogP contribution in [0.1, 0.15) is 83.9 Å². The second-order valence-corrected chi connectivity index (χ2v) is 16.1. The molecule has 4 aliphatic rings. The molecule has 0 amide bonds. The van der Waals surface area contributed by atoms with Gasteiger partial charge in [-0.25, -0.2) is 0 Å². The van der Waals surface area contributed by atoms with Crippen molar-refractivity contribution in [3.8, 4) is 0 Å². The first-order valence-electron chi connectivity index (χ1n) is 19.3. The van der Waals surface area contributed by atoms with Crippen LogP contribution in [0.25, 0.3) is 0 Å². The van der Waals surface area contributed by atoms with Gasteiger partial charge in [0.1, 0.15) is 0 Å². The number of hydrogen-bond donors (Lipinski definition) is 0. The van der Waals surface area contributed by atoms with E-state index in [0.717, 1.165) is 36.3 Å². The van der Waals surface area contributed by atoms with Gasteiger partial charge in [0.15, 0.2) is 0 Å². The molecule has 2 aromatic heterocycles. The second-order valence-electron chi connectivity index (χ2n) is 16.1. The highest BCUT2D eigenvalue weighted by Crippen LogP contribution is 2.47. The second kappa shape index (κ2) is 11.7. The van der Waals surface area contributed by atoms with E-state index in [1.807, 2.05) is 0 Å². The van der Waals surface area contributed by atoms with Crippen LogP contribution >= 0.6 is 0 Å². The van der Waals surface area contributed by atoms with Crippen molar-refractivity contribution in [2.24, 2.45) is 0 Å². The average Bonchev–Trinajstić information content (AvgIpc) is 3.11. The predicted octanol–water partition coefficient (Wildman–Crippen LogP) is 9.04. The molecule has 256 valence electrons. The van der Waals surface area contributed by atoms with Crippen molar-refractivity contribution in [1.29, 1.82) is 0 Å². The third kappa shape index (κ3) is 4.74. The first-order chi connectivity index (χ1) is 25.3. The van der Waals surface area contributed by atoms with Crippen molar-refractivity contribution >= 4 is 57.2 Å². The number of pyridine rings is 2. The molecule has 0 unspecified atom stereocenters. The van der Waals surface area contributed by atoms with Gasteiger partial charge in [0.2, 0.25) is 6.71 Å². The summed E-state index contributed by atoms with van der Waals surface area (Å²) in [6.45, 7) is 11.4. The van der Waals surface area contributed by atoms with Crippen molar-refractivity contribution in [3.63, 3.8) is 0 Å². The standard InChI is InChI=1S/C47H45BN4/c1-6-7-8-31-9-17-36(18-10-31)52-44-26-39(51(37-19-15-32-11-13-34(32)23-37)38-20-16-33-12-14-35(33)24-38)25-40-46(44)48(43-22-30(3)50-28-45(43)52)42-21-29(2)49-27-41(42)47(40,4)5/h9-10,15-28H,6-8,11-14H2,1-5H3. The fourth-order valence-corrected chi connectivity index (χ4v) is 9.40. The van der Waals surface area contributed by atoms with Gasteiger partial charge in [-0.1, -0.05) is 56.9 Å². The fourth-order valence-electron chi connectivity index (χ4n) is 9.40. The number of benzene rings is 4. The highest BCUT2D eigenvalue weighted by Gasteiger charge is 2.47. The Balaban J connectivity index is 1.26. The lowest BCUT2D eigenvalue weighted by Crippen LogP contribution is -2.64. The molecular weight excluding hydrogens is 631 g/mol. The Morgan fingerprint density at radius 1 is 0.654 bits per heavy atom. The molecule has 4 heterocycles. The Morgan fingerprint density at radius 2 is 1.29 bits per heavy atom. The van der Waals surface area contributed by atoms with Crippen LogP contribution in [0.3, 0.4) is 0 Å². The summed E-state index contributed by atoms with van der Waals surface area (Å²) >= 11 is 0. The van der Waals surface area contributed by atoms with Gasteiger partial charge in [-0.2, -0.15) is 0 Å². The molecule has 0 atom stereocenters. The molecule has 0 spiro atoms. The lowest BCUT2D eigenvalue weighted by molar-refractivity contribution is 0.642. The largest absolute Gasteiger partial charge is 0.310 e. The third-order valence-corrected chi connectivity index (χ3v) is 12.5. The molecule has 2 aliphatic carbocycles. The van der Waals surface area contributed by atoms with Crippen molar-refractivity contribution in [1.82, 2.24) is 9.97 Å². The van der Waals surface area contributed by atoms with E-state index in [2.05, 4.69) is 142 Å². The van der Waals surface area contributed by atoms with Gasteiger partial charge in [-0.3, -0.25) is 9.97 Å². The van der Waals surface area contributed by atoms with E-state index in [1.54, 1.807) is 0 Å². The number of anilines is 6. The lowest BCUT2D eigenvalue weighted by Gasteiger charge is -2.46. The van der Waals surface area contributed by atoms with Gasteiger partial charge in [-0.05, 0) is 163 Å². The zero-order valence-electron chi connectivity index (χ0n) is 31.1. The van der Waals surface area contributed by atoms with E-state index in [4.69, 9.17) is 9.97 Å². The minimum Gasteiger partial charge on any atom is -0.310 e. The number of fused-ring (bicyclic) bond motifs is 6. The van der Waals surface area contributed by atoms with Crippen LogP contribution in [0.15, 0.2) is 97.3 Å². The normalized spacial score (nSPS) is 15.4. The van der Waals surface area contributed by atoms with Crippen LogP contribution in [-0.4, -0.2) is 16.7 Å². The maximum absolute atomic E-state index is 4.95. The SMILES string of the molecule is CCCCc1ccc(N2c3cnc(C)cc3B3c4cc(C)ncc4C(C)(C)c4cc(N(c5ccc6c(c5)CC6)c5ccc6c(c5)CC6)cc2c43)cc1. The Labute approximate surface area is 308 Å². The van der Waals surface area contributed by atoms with Crippen molar-refractivity contribution in [3.05, 3.63) is 148 Å². The summed E-state index contributed by atoms with van der Waals surface area (Å²) in [5.74, 6) is 0. The molecule has 0 fully saturated rings. The number of hydrogen-bond acceptors (Lipinski definition) is 4. The highest BCUT2D eigenvalue weighted by molar-refractivity contribution is 6.99. The van der Waals surface area contributed by atoms with Crippen LogP contribution in [-0.2, 0) is 37.5 Å². The Morgan fingerprint density at radius 3 is 1.90 bits per heavy atom. The van der Waals surface area contributed by atoms with Crippen LogP contribution < -0.4 is 26.2 Å². The quantitative estimate of drug-likeness (QED) is 0.158. The third-order valence-electron chi connectivity index (χ3n) is 12.5. The van der Waals surface area contributed by atoms with Crippen LogP contribution in [0, 0.1) is 13.8 Å². The predicted molar refractivity (Wildman–Crippen MR) is 218 cm³/mol. The molecular formula is C47H45BN4. The summed E-state index contributed by atoms with van der Waals surface area (Å²) < 4.78 is 0. The monoisotopic (exact) mass is 676 g/mol. The highest BCUT2D eigenvalue weighted by atomic mass is 15.2. The maximum atomic E-state index is 4.95. The Bertz CT molecular complexity index is 2370. The molecule has 4 aromatic carbocycles. The minimum atomic E-state index is -0.269. The molecule has 0 radical (unpaired) electrons. The fraction of sp³-hybridized carbons (Fsp3) is 0.277. The van der Waals surface area contributed by atoms with Crippen LogP contribution in [0.5, 0.6) is 0 Å². The number of aryl methyl sites for hydroxylation is 7. The maximum Gasteiger partial charge on any atom is 0.247 e. The summed E-state index contributed by atoms with van der Waals surface area (Å²) in [5.41, 5.74) is 23.1. The van der Waals surface area contributed by atoms with Gasteiger partial charge < -0.3 is 9.80 Å². The summed E-state index contributed by atoms with van der Waals surface area (Å²) in [7, 11) is 0. The first kappa shape index (κ1) is 31.6. The summed E-state index contributed by atoms with van der Waals surface area (Å²) in [4.78, 5) is 14.9. The van der Waals surface area contributed by atoms with E-state index < -0.39 is 0 Å². The van der Waals surface area contributed by atoms with Crippen LogP contribution in [0.4, 0.5) is 34.1 Å². The van der Waals surface area contributed by atoms with Gasteiger partial charge in [0, 0.05) is 51.4 Å². The van der Waals surface area contributed by atoms with Crippen molar-refractivity contribution in [2.45, 2.75) is 85.0 Å². The van der Waals surface area contributed by atoms with Crippen molar-refractivity contribution in [2.75, 3.05) is 9.80 Å². The van der Waals surface area contributed by atoms with E-state index >= 15 is 0 Å². The van der Waals surface area contributed by atoms with Gasteiger partial charge in [0.05, 0.1) is 11.9 Å². The molecule has 0 saturated carbocycles. The summed E-state index contributed by atoms with van der Waals surface area (Å²) in [6.07, 6.45) is 12.4. The van der Waals surface area contributed by atoms with Crippen LogP contribution in [0.2, 0.25) is 0 Å². The molecule has 5 heteroatoms. The zero-order chi connectivity index (χ0) is 35.3. The van der Waals surface area contributed by atoms with Gasteiger partial charge >= 0.3 is 0 Å². The minimum absolute atomic E-state index is 0.0852. The molecule has 0 bridgehead atoms. The molecule has 52 heavy (non-hydrogen) atoms. The zero-order valence-corrected chi connectivity index (χ0v) is 31.1. The summed E-state index contributed by atoms with van der Waals surface area (Å²) in [6, 6.07) is 33.2. The topological polar surface area (TPSA) is 32.3 Å². The van der Waals surface area contributed by atoms with Gasteiger partial charge in [-0.15, -0.1) is 0 Å². The Hall–Kier alpha value is -5.16. The summed E-state index contributed by atoms with van der Waals surface area (Å²) in [5, 5.41) is 0. The smallest absolute Gasteiger partial charge is 0.247 e. The number of nitrogens with zero attached hydrogens (tertiary/aromatic N) is 4.